The summed E-state index contributed by atoms with van der Waals surface area (Å²) in [6, 6.07) is 7.57. The van der Waals surface area contributed by atoms with Crippen molar-refractivity contribution in [2.24, 2.45) is 0 Å². The van der Waals surface area contributed by atoms with E-state index in [1.54, 1.807) is 6.20 Å². The number of hydrogen-bond acceptors (Lipinski definition) is 5. The molecule has 18 heavy (non-hydrogen) atoms. The van der Waals surface area contributed by atoms with Crippen LogP contribution in [0.25, 0.3) is 11.3 Å². The van der Waals surface area contributed by atoms with E-state index in [0.29, 0.717) is 30.6 Å². The van der Waals surface area contributed by atoms with E-state index in [9.17, 15) is 0 Å². The molecule has 90 valence electrons. The zero-order valence-electron chi connectivity index (χ0n) is 9.55. The largest absolute Gasteiger partial charge is 0.486 e. The van der Waals surface area contributed by atoms with Crippen molar-refractivity contribution in [3.63, 3.8) is 0 Å². The molecule has 0 atom stereocenters. The first-order chi connectivity index (χ1) is 8.86. The molecule has 2 aromatic rings. The first kappa shape index (κ1) is 10.7. The van der Waals surface area contributed by atoms with Gasteiger partial charge in [-0.1, -0.05) is 0 Å². The van der Waals surface area contributed by atoms with Crippen LogP contribution in [0.15, 0.2) is 28.8 Å². The molecular formula is C13H10N2O3. The van der Waals surface area contributed by atoms with Crippen LogP contribution in [0.5, 0.6) is 11.5 Å². The number of fused-ring (bicyclic) bond motifs is 1. The van der Waals surface area contributed by atoms with Gasteiger partial charge in [0.05, 0.1) is 12.3 Å². The van der Waals surface area contributed by atoms with Crippen LogP contribution in [-0.2, 0) is 6.42 Å². The van der Waals surface area contributed by atoms with Gasteiger partial charge in [-0.25, -0.2) is 4.98 Å². The highest BCUT2D eigenvalue weighted by Gasteiger charge is 2.14. The molecule has 0 saturated carbocycles. The number of nitrogens with zero attached hydrogens (tertiary/aromatic N) is 2. The third-order valence-electron chi connectivity index (χ3n) is 2.61. The van der Waals surface area contributed by atoms with Gasteiger partial charge in [0.25, 0.3) is 0 Å². The van der Waals surface area contributed by atoms with Crippen LogP contribution in [0.3, 0.4) is 0 Å². The number of ether oxygens (including phenoxy) is 2. The fourth-order valence-electron chi connectivity index (χ4n) is 1.79. The van der Waals surface area contributed by atoms with Crippen molar-refractivity contribution in [1.29, 1.82) is 5.26 Å². The lowest BCUT2D eigenvalue weighted by Gasteiger charge is -2.18. The van der Waals surface area contributed by atoms with E-state index < -0.39 is 0 Å². The first-order valence-electron chi connectivity index (χ1n) is 5.58. The molecule has 0 amide bonds. The molecule has 0 unspecified atom stereocenters. The van der Waals surface area contributed by atoms with Gasteiger partial charge in [-0.05, 0) is 18.2 Å². The standard InChI is InChI=1S/C13H10N2O3/c14-4-3-13-15-8-12(18-13)9-1-2-10-11(7-9)17-6-5-16-10/h1-2,7-8H,3,5-6H2. The van der Waals surface area contributed by atoms with E-state index in [1.807, 2.05) is 24.3 Å². The smallest absolute Gasteiger partial charge is 0.209 e. The number of hydrogen-bond donors (Lipinski definition) is 0. The number of rotatable bonds is 2. The lowest BCUT2D eigenvalue weighted by molar-refractivity contribution is 0.171. The van der Waals surface area contributed by atoms with Crippen molar-refractivity contribution < 1.29 is 13.9 Å². The summed E-state index contributed by atoms with van der Waals surface area (Å²) >= 11 is 0. The fourth-order valence-corrected chi connectivity index (χ4v) is 1.79. The molecule has 0 spiro atoms. The van der Waals surface area contributed by atoms with Crippen molar-refractivity contribution in [2.75, 3.05) is 13.2 Å². The Hall–Kier alpha value is -2.48. The zero-order valence-corrected chi connectivity index (χ0v) is 9.55. The van der Waals surface area contributed by atoms with Gasteiger partial charge >= 0.3 is 0 Å². The Kier molecular flexibility index (Phi) is 2.61. The Balaban J connectivity index is 1.93. The Labute approximate surface area is 104 Å². The van der Waals surface area contributed by atoms with Crippen molar-refractivity contribution in [1.82, 2.24) is 4.98 Å². The quantitative estimate of drug-likeness (QED) is 0.807. The minimum Gasteiger partial charge on any atom is -0.486 e. The third-order valence-corrected chi connectivity index (χ3v) is 2.61. The molecule has 1 aliphatic heterocycles. The van der Waals surface area contributed by atoms with E-state index in [4.69, 9.17) is 19.2 Å². The summed E-state index contributed by atoms with van der Waals surface area (Å²) in [7, 11) is 0. The van der Waals surface area contributed by atoms with Crippen LogP contribution >= 0.6 is 0 Å². The predicted octanol–water partition coefficient (Wildman–Crippen LogP) is 2.18. The van der Waals surface area contributed by atoms with Gasteiger partial charge in [-0.3, -0.25) is 0 Å². The highest BCUT2D eigenvalue weighted by Crippen LogP contribution is 2.34. The molecular weight excluding hydrogens is 232 g/mol. The molecule has 5 heteroatoms. The molecule has 0 radical (unpaired) electrons. The van der Waals surface area contributed by atoms with E-state index in [0.717, 1.165) is 11.3 Å². The summed E-state index contributed by atoms with van der Waals surface area (Å²) in [5, 5.41) is 8.57. The number of oxazole rings is 1. The molecule has 0 N–H and O–H groups in total. The first-order valence-corrected chi connectivity index (χ1v) is 5.58. The van der Waals surface area contributed by atoms with E-state index in [2.05, 4.69) is 4.98 Å². The van der Waals surface area contributed by atoms with E-state index >= 15 is 0 Å². The van der Waals surface area contributed by atoms with Gasteiger partial charge < -0.3 is 13.9 Å². The third kappa shape index (κ3) is 1.89. The summed E-state index contributed by atoms with van der Waals surface area (Å²) in [4.78, 5) is 4.03. The molecule has 0 aliphatic carbocycles. The number of aromatic nitrogens is 1. The molecule has 0 bridgehead atoms. The summed E-state index contributed by atoms with van der Waals surface area (Å²) in [6.45, 7) is 1.12. The molecule has 3 rings (SSSR count). The highest BCUT2D eigenvalue weighted by atomic mass is 16.6. The second kappa shape index (κ2) is 4.41. The van der Waals surface area contributed by atoms with Gasteiger partial charge in [-0.15, -0.1) is 0 Å². The van der Waals surface area contributed by atoms with Crippen LogP contribution in [0, 0.1) is 11.3 Å². The number of nitriles is 1. The topological polar surface area (TPSA) is 68.3 Å². The SMILES string of the molecule is N#CCc1ncc(-c2ccc3c(c2)OCCO3)o1. The van der Waals surface area contributed by atoms with Gasteiger partial charge in [0.2, 0.25) is 5.89 Å². The molecule has 2 heterocycles. The van der Waals surface area contributed by atoms with E-state index in [-0.39, 0.29) is 6.42 Å². The average Bonchev–Trinajstić information content (AvgIpc) is 2.87. The fraction of sp³-hybridized carbons (Fsp3) is 0.231. The van der Waals surface area contributed by atoms with Crippen molar-refractivity contribution >= 4 is 0 Å². The highest BCUT2D eigenvalue weighted by molar-refractivity contribution is 5.62. The summed E-state index contributed by atoms with van der Waals surface area (Å²) in [6.07, 6.45) is 1.78. The van der Waals surface area contributed by atoms with Gasteiger partial charge in [0.1, 0.15) is 19.6 Å². The second-order valence-electron chi connectivity index (χ2n) is 3.81. The zero-order chi connectivity index (χ0) is 12.4. The van der Waals surface area contributed by atoms with Crippen molar-refractivity contribution in [3.8, 4) is 28.9 Å². The van der Waals surface area contributed by atoms with Crippen LogP contribution < -0.4 is 9.47 Å². The number of benzene rings is 1. The van der Waals surface area contributed by atoms with Crippen molar-refractivity contribution in [2.45, 2.75) is 6.42 Å². The monoisotopic (exact) mass is 242 g/mol. The lowest BCUT2D eigenvalue weighted by Crippen LogP contribution is -2.15. The van der Waals surface area contributed by atoms with Crippen LogP contribution in [-0.4, -0.2) is 18.2 Å². The Morgan fingerprint density at radius 2 is 2.06 bits per heavy atom. The van der Waals surface area contributed by atoms with Crippen LogP contribution in [0.4, 0.5) is 0 Å². The normalized spacial score (nSPS) is 13.1. The molecule has 5 nitrogen and oxygen atoms in total. The minimum absolute atomic E-state index is 0.171. The predicted molar refractivity (Wildman–Crippen MR) is 62.2 cm³/mol. The van der Waals surface area contributed by atoms with Crippen LogP contribution in [0.1, 0.15) is 5.89 Å². The van der Waals surface area contributed by atoms with Crippen LogP contribution in [0.2, 0.25) is 0 Å². The Morgan fingerprint density at radius 1 is 1.22 bits per heavy atom. The summed E-state index contributed by atoms with van der Waals surface area (Å²) < 4.78 is 16.4. The maximum absolute atomic E-state index is 8.57. The molecule has 1 aliphatic rings. The van der Waals surface area contributed by atoms with Gasteiger partial charge in [0.15, 0.2) is 17.3 Å². The van der Waals surface area contributed by atoms with Gasteiger partial charge in [-0.2, -0.15) is 5.26 Å². The summed E-state index contributed by atoms with van der Waals surface area (Å²) in [5.41, 5.74) is 0.857. The van der Waals surface area contributed by atoms with Gasteiger partial charge in [0, 0.05) is 5.56 Å². The van der Waals surface area contributed by atoms with Crippen molar-refractivity contribution in [3.05, 3.63) is 30.3 Å². The Morgan fingerprint density at radius 3 is 2.89 bits per heavy atom. The van der Waals surface area contributed by atoms with E-state index in [1.165, 1.54) is 0 Å². The molecule has 1 aromatic heterocycles. The molecule has 0 fully saturated rings. The average molecular weight is 242 g/mol. The Bertz CT molecular complexity index is 613. The molecule has 1 aromatic carbocycles. The maximum atomic E-state index is 8.57. The second-order valence-corrected chi connectivity index (χ2v) is 3.81. The summed E-state index contributed by atoms with van der Waals surface area (Å²) in [5.74, 6) is 2.48. The molecule has 0 saturated heterocycles. The lowest BCUT2D eigenvalue weighted by atomic mass is 10.1. The maximum Gasteiger partial charge on any atom is 0.209 e. The minimum atomic E-state index is 0.171.